The van der Waals surface area contributed by atoms with Crippen LogP contribution >= 0.6 is 0 Å². The van der Waals surface area contributed by atoms with Crippen LogP contribution in [0, 0.1) is 13.8 Å². The number of rotatable bonds is 11. The van der Waals surface area contributed by atoms with E-state index in [0.29, 0.717) is 28.9 Å². The first-order valence-electron chi connectivity index (χ1n) is 15.3. The highest BCUT2D eigenvalue weighted by Crippen LogP contribution is 2.47. The normalized spacial score (nSPS) is 15.4. The molecule has 0 aliphatic heterocycles. The number of hydrogen-bond donors (Lipinski definition) is 2. The summed E-state index contributed by atoms with van der Waals surface area (Å²) >= 11 is 0. The molecular weight excluding hydrogens is 546 g/mol. The summed E-state index contributed by atoms with van der Waals surface area (Å²) in [6.07, 6.45) is 3.92. The molecule has 42 heavy (non-hydrogen) atoms. The molecule has 1 aliphatic carbocycles. The van der Waals surface area contributed by atoms with Crippen molar-refractivity contribution >= 4 is 19.9 Å². The number of aromatic amines is 1. The molecule has 1 unspecified atom stereocenters. The van der Waals surface area contributed by atoms with Crippen LogP contribution in [0.15, 0.2) is 33.6 Å². The van der Waals surface area contributed by atoms with Crippen LogP contribution in [-0.4, -0.2) is 31.0 Å². The molecule has 3 aromatic rings. The van der Waals surface area contributed by atoms with Crippen LogP contribution in [-0.2, 0) is 17.6 Å². The number of anilines is 1. The molecule has 1 atom stereocenters. The number of aryl methyl sites for hydroxylation is 2. The van der Waals surface area contributed by atoms with Gasteiger partial charge in [-0.25, -0.2) is 4.79 Å². The number of ether oxygens (including phenoxy) is 1. The van der Waals surface area contributed by atoms with Gasteiger partial charge in [-0.1, -0.05) is 47.6 Å². The molecular formula is C33H47N3O5Si. The van der Waals surface area contributed by atoms with E-state index in [4.69, 9.17) is 9.16 Å². The van der Waals surface area contributed by atoms with E-state index in [1.165, 1.54) is 22.3 Å². The smallest absolute Gasteiger partial charge is 0.439 e. The van der Waals surface area contributed by atoms with Gasteiger partial charge in [0.05, 0.1) is 6.10 Å². The van der Waals surface area contributed by atoms with Crippen molar-refractivity contribution in [3.63, 3.8) is 0 Å². The molecule has 0 saturated heterocycles. The van der Waals surface area contributed by atoms with Gasteiger partial charge >= 0.3 is 5.76 Å². The molecule has 0 bridgehead atoms. The van der Waals surface area contributed by atoms with E-state index in [-0.39, 0.29) is 11.9 Å². The molecule has 4 rings (SSSR count). The van der Waals surface area contributed by atoms with E-state index in [9.17, 15) is 9.59 Å². The quantitative estimate of drug-likeness (QED) is 0.220. The highest BCUT2D eigenvalue weighted by Gasteiger charge is 2.47. The Morgan fingerprint density at radius 2 is 1.74 bits per heavy atom. The van der Waals surface area contributed by atoms with Gasteiger partial charge in [0.25, 0.3) is 14.2 Å². The third-order valence-corrected chi connectivity index (χ3v) is 15.0. The lowest BCUT2D eigenvalue weighted by atomic mass is 9.83. The zero-order valence-electron chi connectivity index (χ0n) is 26.6. The van der Waals surface area contributed by atoms with Gasteiger partial charge in [-0.2, -0.15) is 0 Å². The fraction of sp³-hybridized carbons (Fsp3) is 0.545. The third-order valence-electron chi connectivity index (χ3n) is 8.97. The first-order valence-corrected chi connectivity index (χ1v) is 17.5. The lowest BCUT2D eigenvalue weighted by Crippen LogP contribution is -2.51. The van der Waals surface area contributed by atoms with Crippen LogP contribution in [0.4, 0.5) is 5.69 Å². The number of carbonyl (C=O) groups excluding carboxylic acids is 1. The minimum atomic E-state index is -2.15. The Balaban J connectivity index is 1.71. The summed E-state index contributed by atoms with van der Waals surface area (Å²) < 4.78 is 18.1. The zero-order valence-corrected chi connectivity index (χ0v) is 27.6. The summed E-state index contributed by atoms with van der Waals surface area (Å²) in [6.45, 7) is 20.8. The first kappa shape index (κ1) is 31.8. The van der Waals surface area contributed by atoms with Crippen molar-refractivity contribution in [2.75, 3.05) is 11.9 Å². The maximum Gasteiger partial charge on any atom is 0.439 e. The topological polar surface area (TPSA) is 106 Å². The van der Waals surface area contributed by atoms with Crippen molar-refractivity contribution in [1.82, 2.24) is 10.1 Å². The number of hydrogen-bond acceptors (Lipinski definition) is 6. The molecule has 2 aromatic carbocycles. The molecule has 0 saturated carbocycles. The maximum atomic E-state index is 12.5. The molecule has 0 spiro atoms. The molecule has 228 valence electrons. The SMILES string of the molecule is CCOC1CCCc2c(Cc3c(C)cc(NC(=O)c4noc(=O)[nH]4)cc3C)ccc(O[Si](C(C)C)(C(C)C)C(C)C)c21. The fourth-order valence-corrected chi connectivity index (χ4v) is 12.4. The number of fused-ring (bicyclic) bond motifs is 1. The highest BCUT2D eigenvalue weighted by molar-refractivity contribution is 6.78. The Labute approximate surface area is 250 Å². The fourth-order valence-electron chi connectivity index (χ4n) is 7.16. The second kappa shape index (κ2) is 13.0. The maximum absolute atomic E-state index is 12.5. The van der Waals surface area contributed by atoms with E-state index in [2.05, 4.69) is 94.4 Å². The lowest BCUT2D eigenvalue weighted by molar-refractivity contribution is 0.0486. The van der Waals surface area contributed by atoms with Crippen LogP contribution in [0.5, 0.6) is 5.75 Å². The molecule has 1 heterocycles. The minimum Gasteiger partial charge on any atom is -0.542 e. The standard InChI is InChI=1S/C33H47N3O5Si/c1-10-39-28-13-11-12-26-24(14-15-29(30(26)28)41-42(19(2)3,20(4)5)21(6)7)18-27-22(8)16-25(17-23(27)9)34-32(37)31-35-33(38)40-36-31/h14-17,19-21,28H,10-13,18H2,1-9H3,(H,34,37)(H,35,36,38). The van der Waals surface area contributed by atoms with Crippen LogP contribution < -0.4 is 15.5 Å². The Morgan fingerprint density at radius 3 is 2.29 bits per heavy atom. The lowest BCUT2D eigenvalue weighted by Gasteiger charge is -2.43. The van der Waals surface area contributed by atoms with Gasteiger partial charge in [-0.3, -0.25) is 14.3 Å². The number of carbonyl (C=O) groups is 1. The van der Waals surface area contributed by atoms with Crippen molar-refractivity contribution in [2.24, 2.45) is 0 Å². The number of amides is 1. The van der Waals surface area contributed by atoms with Crippen LogP contribution in [0.3, 0.4) is 0 Å². The first-order chi connectivity index (χ1) is 19.9. The van der Waals surface area contributed by atoms with Gasteiger partial charge < -0.3 is 14.5 Å². The van der Waals surface area contributed by atoms with Crippen molar-refractivity contribution < 1.29 is 18.5 Å². The van der Waals surface area contributed by atoms with Crippen LogP contribution in [0.2, 0.25) is 16.6 Å². The summed E-state index contributed by atoms with van der Waals surface area (Å²) in [5, 5.41) is 6.28. The Bertz CT molecular complexity index is 1430. The Hall–Kier alpha value is -3.17. The summed E-state index contributed by atoms with van der Waals surface area (Å²) in [7, 11) is -2.15. The monoisotopic (exact) mass is 593 g/mol. The van der Waals surface area contributed by atoms with Gasteiger partial charge in [-0.05, 0) is 114 Å². The Kier molecular flexibility index (Phi) is 9.83. The summed E-state index contributed by atoms with van der Waals surface area (Å²) in [5.74, 6) is -0.425. The van der Waals surface area contributed by atoms with E-state index in [1.54, 1.807) is 0 Å². The van der Waals surface area contributed by atoms with Gasteiger partial charge in [0, 0.05) is 17.9 Å². The predicted octanol–water partition coefficient (Wildman–Crippen LogP) is 7.79. The van der Waals surface area contributed by atoms with Gasteiger partial charge in [-0.15, -0.1) is 0 Å². The van der Waals surface area contributed by atoms with Crippen molar-refractivity contribution in [2.45, 2.75) is 111 Å². The molecule has 1 aliphatic rings. The summed E-state index contributed by atoms with van der Waals surface area (Å²) in [5.41, 5.74) is 9.39. The van der Waals surface area contributed by atoms with E-state index in [1.807, 2.05) is 12.1 Å². The number of H-pyrrole nitrogens is 1. The Morgan fingerprint density at radius 1 is 1.10 bits per heavy atom. The molecule has 8 nitrogen and oxygen atoms in total. The van der Waals surface area contributed by atoms with Crippen LogP contribution in [0.25, 0.3) is 0 Å². The van der Waals surface area contributed by atoms with E-state index < -0.39 is 20.0 Å². The van der Waals surface area contributed by atoms with E-state index >= 15 is 0 Å². The van der Waals surface area contributed by atoms with E-state index in [0.717, 1.165) is 42.6 Å². The van der Waals surface area contributed by atoms with Gasteiger partial charge in [0.1, 0.15) is 5.75 Å². The zero-order chi connectivity index (χ0) is 30.8. The highest BCUT2D eigenvalue weighted by atomic mass is 28.4. The molecule has 2 N–H and O–H groups in total. The summed E-state index contributed by atoms with van der Waals surface area (Å²) in [4.78, 5) is 26.0. The summed E-state index contributed by atoms with van der Waals surface area (Å²) in [6, 6.07) is 8.38. The number of nitrogens with one attached hydrogen (secondary N) is 2. The molecule has 9 heteroatoms. The second-order valence-electron chi connectivity index (χ2n) is 12.5. The van der Waals surface area contributed by atoms with Crippen molar-refractivity contribution in [1.29, 1.82) is 0 Å². The molecule has 0 fully saturated rings. The average molecular weight is 594 g/mol. The van der Waals surface area contributed by atoms with Gasteiger partial charge in [0.2, 0.25) is 5.82 Å². The second-order valence-corrected chi connectivity index (χ2v) is 17.9. The molecule has 0 radical (unpaired) electrons. The predicted molar refractivity (Wildman–Crippen MR) is 169 cm³/mol. The number of benzene rings is 2. The molecule has 1 aromatic heterocycles. The third kappa shape index (κ3) is 6.27. The largest absolute Gasteiger partial charge is 0.542 e. The van der Waals surface area contributed by atoms with Crippen LogP contribution in [0.1, 0.15) is 111 Å². The average Bonchev–Trinajstić information content (AvgIpc) is 3.36. The number of aromatic nitrogens is 2. The van der Waals surface area contributed by atoms with Crippen molar-refractivity contribution in [3.8, 4) is 5.75 Å². The number of nitrogens with zero attached hydrogens (tertiary/aromatic N) is 1. The minimum absolute atomic E-state index is 0.0367. The molecule has 1 amide bonds. The van der Waals surface area contributed by atoms with Gasteiger partial charge in [0.15, 0.2) is 0 Å². The van der Waals surface area contributed by atoms with Crippen molar-refractivity contribution in [3.05, 3.63) is 74.0 Å².